The highest BCUT2D eigenvalue weighted by Gasteiger charge is 2.15. The number of hydrazone groups is 1. The van der Waals surface area contributed by atoms with Crippen LogP contribution in [0.4, 0.5) is 13.2 Å². The predicted molar refractivity (Wildman–Crippen MR) is 28.5 cm³/mol. The minimum atomic E-state index is -2.98. The highest BCUT2D eigenvalue weighted by atomic mass is 19.3. The Hall–Kier alpha value is -0.740. The van der Waals surface area contributed by atoms with Crippen molar-refractivity contribution in [2.24, 2.45) is 5.10 Å². The SMILES string of the molecule is CNN=CC(F)C(F)F. The maximum Gasteiger partial charge on any atom is 0.274 e. The van der Waals surface area contributed by atoms with Gasteiger partial charge in [-0.1, -0.05) is 0 Å². The van der Waals surface area contributed by atoms with Gasteiger partial charge in [0.2, 0.25) is 0 Å². The minimum Gasteiger partial charge on any atom is -0.313 e. The Morgan fingerprint density at radius 1 is 1.44 bits per heavy atom. The second-order valence-corrected chi connectivity index (χ2v) is 1.28. The molecule has 0 radical (unpaired) electrons. The van der Waals surface area contributed by atoms with Crippen LogP contribution in [0.1, 0.15) is 0 Å². The molecule has 0 aliphatic heterocycles. The molecule has 1 atom stereocenters. The largest absolute Gasteiger partial charge is 0.313 e. The lowest BCUT2D eigenvalue weighted by molar-refractivity contribution is 0.0865. The summed E-state index contributed by atoms with van der Waals surface area (Å²) in [6.45, 7) is 0. The van der Waals surface area contributed by atoms with Gasteiger partial charge in [-0.2, -0.15) is 5.10 Å². The zero-order valence-electron chi connectivity index (χ0n) is 4.81. The van der Waals surface area contributed by atoms with Gasteiger partial charge in [0, 0.05) is 7.05 Å². The fourth-order valence-corrected chi connectivity index (χ4v) is 0.211. The fraction of sp³-hybridized carbons (Fsp3) is 0.750. The molecule has 0 spiro atoms. The molecule has 0 aromatic carbocycles. The first-order valence-corrected chi connectivity index (χ1v) is 2.30. The molecule has 0 rings (SSSR count). The van der Waals surface area contributed by atoms with Crippen LogP contribution in [-0.2, 0) is 0 Å². The number of rotatable bonds is 3. The zero-order valence-corrected chi connectivity index (χ0v) is 4.81. The van der Waals surface area contributed by atoms with E-state index in [0.717, 1.165) is 0 Å². The first kappa shape index (κ1) is 8.26. The van der Waals surface area contributed by atoms with Crippen LogP contribution in [0.2, 0.25) is 0 Å². The van der Waals surface area contributed by atoms with Crippen LogP contribution >= 0.6 is 0 Å². The summed E-state index contributed by atoms with van der Waals surface area (Å²) < 4.78 is 34.3. The summed E-state index contributed by atoms with van der Waals surface area (Å²) in [5, 5.41) is 3.06. The highest BCUT2D eigenvalue weighted by Crippen LogP contribution is 2.01. The summed E-state index contributed by atoms with van der Waals surface area (Å²) in [4.78, 5) is 0. The molecule has 0 aromatic rings. The van der Waals surface area contributed by atoms with E-state index < -0.39 is 12.6 Å². The van der Waals surface area contributed by atoms with Crippen molar-refractivity contribution in [3.05, 3.63) is 0 Å². The standard InChI is InChI=1S/C4H7F3N2/c1-8-9-2-3(5)4(6)7/h2-4,8H,1H3. The smallest absolute Gasteiger partial charge is 0.274 e. The third kappa shape index (κ3) is 3.81. The summed E-state index contributed by atoms with van der Waals surface area (Å²) in [7, 11) is 1.40. The Labute approximate surface area is 50.7 Å². The Morgan fingerprint density at radius 3 is 2.33 bits per heavy atom. The summed E-state index contributed by atoms with van der Waals surface area (Å²) in [5.74, 6) is 0. The van der Waals surface area contributed by atoms with E-state index >= 15 is 0 Å². The van der Waals surface area contributed by atoms with Crippen LogP contribution in [0.3, 0.4) is 0 Å². The van der Waals surface area contributed by atoms with E-state index in [0.29, 0.717) is 6.21 Å². The van der Waals surface area contributed by atoms with Crippen LogP contribution in [0, 0.1) is 0 Å². The third-order valence-corrected chi connectivity index (χ3v) is 0.587. The van der Waals surface area contributed by atoms with E-state index in [-0.39, 0.29) is 0 Å². The number of hydrogen-bond donors (Lipinski definition) is 1. The minimum absolute atomic E-state index is 0.519. The second-order valence-electron chi connectivity index (χ2n) is 1.28. The molecule has 0 aliphatic rings. The van der Waals surface area contributed by atoms with Crippen LogP contribution in [0.25, 0.3) is 0 Å². The average Bonchev–Trinajstić information content (AvgIpc) is 1.82. The van der Waals surface area contributed by atoms with Gasteiger partial charge in [-0.15, -0.1) is 0 Å². The van der Waals surface area contributed by atoms with E-state index in [1.54, 1.807) is 0 Å². The molecule has 0 bridgehead atoms. The van der Waals surface area contributed by atoms with Gasteiger partial charge in [0.05, 0.1) is 6.21 Å². The number of alkyl halides is 3. The molecule has 9 heavy (non-hydrogen) atoms. The summed E-state index contributed by atoms with van der Waals surface area (Å²) >= 11 is 0. The van der Waals surface area contributed by atoms with Crippen LogP contribution in [0.15, 0.2) is 5.10 Å². The summed E-state index contributed by atoms with van der Waals surface area (Å²) in [6.07, 6.45) is -4.73. The predicted octanol–water partition coefficient (Wildman–Crippen LogP) is 0.795. The molecule has 0 amide bonds. The second kappa shape index (κ2) is 4.17. The van der Waals surface area contributed by atoms with Crippen molar-refractivity contribution in [2.45, 2.75) is 12.6 Å². The van der Waals surface area contributed by atoms with Gasteiger partial charge in [-0.05, 0) is 0 Å². The van der Waals surface area contributed by atoms with E-state index in [1.165, 1.54) is 7.05 Å². The molecular weight excluding hydrogens is 133 g/mol. The van der Waals surface area contributed by atoms with Gasteiger partial charge in [0.25, 0.3) is 6.43 Å². The lowest BCUT2D eigenvalue weighted by atomic mass is 10.4. The van der Waals surface area contributed by atoms with Crippen molar-refractivity contribution in [3.8, 4) is 0 Å². The van der Waals surface area contributed by atoms with Crippen molar-refractivity contribution in [1.82, 2.24) is 5.43 Å². The Balaban J connectivity index is 3.48. The number of hydrogen-bond acceptors (Lipinski definition) is 2. The van der Waals surface area contributed by atoms with Crippen molar-refractivity contribution >= 4 is 6.21 Å². The van der Waals surface area contributed by atoms with Crippen LogP contribution in [-0.4, -0.2) is 25.9 Å². The molecule has 5 heteroatoms. The maximum absolute atomic E-state index is 11.8. The maximum atomic E-state index is 11.8. The summed E-state index contributed by atoms with van der Waals surface area (Å²) in [6, 6.07) is 0. The first-order chi connectivity index (χ1) is 4.18. The zero-order chi connectivity index (χ0) is 7.28. The molecule has 2 nitrogen and oxygen atoms in total. The van der Waals surface area contributed by atoms with E-state index in [1.807, 2.05) is 0 Å². The normalized spacial score (nSPS) is 14.8. The van der Waals surface area contributed by atoms with Gasteiger partial charge in [-0.25, -0.2) is 13.2 Å². The first-order valence-electron chi connectivity index (χ1n) is 2.30. The van der Waals surface area contributed by atoms with Gasteiger partial charge in [0.15, 0.2) is 6.17 Å². The fourth-order valence-electron chi connectivity index (χ4n) is 0.211. The van der Waals surface area contributed by atoms with Crippen molar-refractivity contribution in [2.75, 3.05) is 7.05 Å². The van der Waals surface area contributed by atoms with Gasteiger partial charge < -0.3 is 5.43 Å². The number of nitrogens with zero attached hydrogens (tertiary/aromatic N) is 1. The Bertz CT molecular complexity index is 93.8. The van der Waals surface area contributed by atoms with Gasteiger partial charge in [0.1, 0.15) is 0 Å². The molecule has 0 saturated heterocycles. The lowest BCUT2D eigenvalue weighted by Gasteiger charge is -1.96. The van der Waals surface area contributed by atoms with Crippen molar-refractivity contribution < 1.29 is 13.2 Å². The molecule has 0 aliphatic carbocycles. The van der Waals surface area contributed by atoms with Crippen molar-refractivity contribution in [3.63, 3.8) is 0 Å². The topological polar surface area (TPSA) is 24.4 Å². The van der Waals surface area contributed by atoms with Crippen molar-refractivity contribution in [1.29, 1.82) is 0 Å². The molecule has 0 saturated carbocycles. The number of halogens is 3. The molecular formula is C4H7F3N2. The number of nitrogens with one attached hydrogen (secondary N) is 1. The average molecular weight is 140 g/mol. The highest BCUT2D eigenvalue weighted by molar-refractivity contribution is 5.62. The molecule has 54 valence electrons. The monoisotopic (exact) mass is 140 g/mol. The summed E-state index contributed by atoms with van der Waals surface area (Å²) in [5.41, 5.74) is 2.15. The molecule has 1 N–H and O–H groups in total. The molecule has 0 aromatic heterocycles. The van der Waals surface area contributed by atoms with E-state index in [2.05, 4.69) is 10.5 Å². The van der Waals surface area contributed by atoms with Crippen LogP contribution in [0.5, 0.6) is 0 Å². The van der Waals surface area contributed by atoms with Crippen LogP contribution < -0.4 is 5.43 Å². The molecule has 1 unspecified atom stereocenters. The Morgan fingerprint density at radius 2 is 2.00 bits per heavy atom. The molecule has 0 fully saturated rings. The van der Waals surface area contributed by atoms with Gasteiger partial charge >= 0.3 is 0 Å². The quantitative estimate of drug-likeness (QED) is 0.455. The van der Waals surface area contributed by atoms with E-state index in [9.17, 15) is 13.2 Å². The molecule has 0 heterocycles. The van der Waals surface area contributed by atoms with Gasteiger partial charge in [-0.3, -0.25) is 0 Å². The third-order valence-electron chi connectivity index (χ3n) is 0.587. The van der Waals surface area contributed by atoms with E-state index in [4.69, 9.17) is 0 Å². The Kier molecular flexibility index (Phi) is 3.83. The lowest BCUT2D eigenvalue weighted by Crippen LogP contribution is -2.14.